The van der Waals surface area contributed by atoms with Crippen LogP contribution >= 0.6 is 0 Å². The molecule has 0 N–H and O–H groups in total. The number of nitrogens with zero attached hydrogens (tertiary/aromatic N) is 1. The van der Waals surface area contributed by atoms with E-state index < -0.39 is 0 Å². The Labute approximate surface area is 161 Å². The summed E-state index contributed by atoms with van der Waals surface area (Å²) in [5, 5.41) is 0. The van der Waals surface area contributed by atoms with E-state index in [1.165, 1.54) is 70.0 Å². The second-order valence-corrected chi connectivity index (χ2v) is 7.58. The second kappa shape index (κ2) is 13.0. The highest BCUT2D eigenvalue weighted by atomic mass is 16.5. The maximum absolute atomic E-state index is 6.12. The Morgan fingerprint density at radius 3 is 2.00 bits per heavy atom. The molecule has 1 heterocycles. The maximum Gasteiger partial charge on any atom is 0.161 e. The number of benzene rings is 1. The zero-order valence-electron chi connectivity index (χ0n) is 17.1. The molecule has 0 unspecified atom stereocenters. The molecular formula is C23H39NO2. The SMILES string of the molecule is CCCCCCOc1ccc(CN2CCCC2)cc1OCCCCCC. The third-order valence-electron chi connectivity index (χ3n) is 5.12. The minimum Gasteiger partial charge on any atom is -0.490 e. The van der Waals surface area contributed by atoms with Crippen molar-refractivity contribution < 1.29 is 9.47 Å². The minimum absolute atomic E-state index is 0.789. The fourth-order valence-corrected chi connectivity index (χ4v) is 3.50. The van der Waals surface area contributed by atoms with E-state index in [9.17, 15) is 0 Å². The first kappa shape index (κ1) is 21.1. The van der Waals surface area contributed by atoms with Crippen LogP contribution in [0.25, 0.3) is 0 Å². The highest BCUT2D eigenvalue weighted by Gasteiger charge is 2.14. The Bertz CT molecular complexity index is 483. The molecular weight excluding hydrogens is 322 g/mol. The predicted molar refractivity (Wildman–Crippen MR) is 110 cm³/mol. The number of hydrogen-bond acceptors (Lipinski definition) is 3. The van der Waals surface area contributed by atoms with Crippen molar-refractivity contribution in [2.45, 2.75) is 84.6 Å². The van der Waals surface area contributed by atoms with E-state index in [-0.39, 0.29) is 0 Å². The van der Waals surface area contributed by atoms with E-state index in [0.29, 0.717) is 0 Å². The standard InChI is InChI=1S/C23H39NO2/c1-3-5-7-11-17-25-22-14-13-21(20-24-15-9-10-16-24)19-23(22)26-18-12-8-6-4-2/h13-14,19H,3-12,15-18,20H2,1-2H3. The second-order valence-electron chi connectivity index (χ2n) is 7.58. The van der Waals surface area contributed by atoms with Crippen LogP contribution in [0.15, 0.2) is 18.2 Å². The molecule has 148 valence electrons. The Morgan fingerprint density at radius 1 is 0.769 bits per heavy atom. The Morgan fingerprint density at radius 2 is 1.38 bits per heavy atom. The van der Waals surface area contributed by atoms with Gasteiger partial charge in [-0.2, -0.15) is 0 Å². The first-order chi connectivity index (χ1) is 12.8. The van der Waals surface area contributed by atoms with Crippen molar-refractivity contribution in [2.24, 2.45) is 0 Å². The molecule has 0 saturated carbocycles. The van der Waals surface area contributed by atoms with Crippen LogP contribution < -0.4 is 9.47 Å². The lowest BCUT2D eigenvalue weighted by Gasteiger charge is -2.18. The molecule has 1 aromatic carbocycles. The van der Waals surface area contributed by atoms with Gasteiger partial charge in [0.2, 0.25) is 0 Å². The van der Waals surface area contributed by atoms with Gasteiger partial charge in [-0.3, -0.25) is 4.90 Å². The summed E-state index contributed by atoms with van der Waals surface area (Å²) < 4.78 is 12.2. The van der Waals surface area contributed by atoms with Crippen molar-refractivity contribution in [3.05, 3.63) is 23.8 Å². The number of hydrogen-bond donors (Lipinski definition) is 0. The van der Waals surface area contributed by atoms with Gasteiger partial charge in [-0.15, -0.1) is 0 Å². The predicted octanol–water partition coefficient (Wildman–Crippen LogP) is 6.20. The number of rotatable bonds is 14. The Balaban J connectivity index is 1.89. The molecule has 0 bridgehead atoms. The molecule has 1 aromatic rings. The van der Waals surface area contributed by atoms with Gasteiger partial charge >= 0.3 is 0 Å². The molecule has 1 aliphatic heterocycles. The van der Waals surface area contributed by atoms with Crippen LogP contribution in [0.5, 0.6) is 11.5 Å². The molecule has 26 heavy (non-hydrogen) atoms. The van der Waals surface area contributed by atoms with Gasteiger partial charge in [0, 0.05) is 6.54 Å². The van der Waals surface area contributed by atoms with Gasteiger partial charge in [-0.25, -0.2) is 0 Å². The molecule has 1 saturated heterocycles. The number of unbranched alkanes of at least 4 members (excludes halogenated alkanes) is 6. The van der Waals surface area contributed by atoms with Crippen LogP contribution in [0.4, 0.5) is 0 Å². The quantitative estimate of drug-likeness (QED) is 0.368. The van der Waals surface area contributed by atoms with Gasteiger partial charge in [0.25, 0.3) is 0 Å². The van der Waals surface area contributed by atoms with Crippen LogP contribution in [-0.2, 0) is 6.54 Å². The van der Waals surface area contributed by atoms with Gasteiger partial charge < -0.3 is 9.47 Å². The molecule has 0 spiro atoms. The molecule has 0 atom stereocenters. The highest BCUT2D eigenvalue weighted by molar-refractivity contribution is 5.43. The van der Waals surface area contributed by atoms with Crippen molar-refractivity contribution >= 4 is 0 Å². The van der Waals surface area contributed by atoms with Crippen LogP contribution in [0.2, 0.25) is 0 Å². The molecule has 1 aliphatic rings. The summed E-state index contributed by atoms with van der Waals surface area (Å²) in [5.41, 5.74) is 1.34. The summed E-state index contributed by atoms with van der Waals surface area (Å²) in [4.78, 5) is 2.53. The van der Waals surface area contributed by atoms with Crippen molar-refractivity contribution in [3.8, 4) is 11.5 Å². The zero-order chi connectivity index (χ0) is 18.5. The van der Waals surface area contributed by atoms with E-state index in [1.807, 2.05) is 0 Å². The first-order valence-corrected chi connectivity index (χ1v) is 10.9. The van der Waals surface area contributed by atoms with Crippen LogP contribution in [0.1, 0.15) is 83.6 Å². The van der Waals surface area contributed by atoms with E-state index in [0.717, 1.165) is 44.1 Å². The van der Waals surface area contributed by atoms with Gasteiger partial charge in [0.15, 0.2) is 11.5 Å². The summed E-state index contributed by atoms with van der Waals surface area (Å²) in [6, 6.07) is 6.54. The molecule has 0 amide bonds. The smallest absolute Gasteiger partial charge is 0.161 e. The lowest BCUT2D eigenvalue weighted by molar-refractivity contribution is 0.257. The zero-order valence-corrected chi connectivity index (χ0v) is 17.1. The summed E-state index contributed by atoms with van der Waals surface area (Å²) in [5.74, 6) is 1.86. The van der Waals surface area contributed by atoms with Crippen LogP contribution in [-0.4, -0.2) is 31.2 Å². The maximum atomic E-state index is 6.12. The fourth-order valence-electron chi connectivity index (χ4n) is 3.50. The topological polar surface area (TPSA) is 21.7 Å². The van der Waals surface area contributed by atoms with Gasteiger partial charge in [0.1, 0.15) is 0 Å². The highest BCUT2D eigenvalue weighted by Crippen LogP contribution is 2.30. The largest absolute Gasteiger partial charge is 0.490 e. The lowest BCUT2D eigenvalue weighted by atomic mass is 10.2. The first-order valence-electron chi connectivity index (χ1n) is 10.9. The Hall–Kier alpha value is -1.22. The monoisotopic (exact) mass is 361 g/mol. The van der Waals surface area contributed by atoms with Crippen molar-refractivity contribution in [1.29, 1.82) is 0 Å². The molecule has 3 nitrogen and oxygen atoms in total. The van der Waals surface area contributed by atoms with E-state index in [2.05, 4.69) is 36.9 Å². The summed E-state index contributed by atoms with van der Waals surface area (Å²) in [6.07, 6.45) is 12.5. The van der Waals surface area contributed by atoms with Crippen molar-refractivity contribution in [1.82, 2.24) is 4.90 Å². The van der Waals surface area contributed by atoms with Crippen molar-refractivity contribution in [2.75, 3.05) is 26.3 Å². The molecule has 0 aliphatic carbocycles. The van der Waals surface area contributed by atoms with E-state index in [4.69, 9.17) is 9.47 Å². The normalized spacial score (nSPS) is 14.7. The van der Waals surface area contributed by atoms with Crippen molar-refractivity contribution in [3.63, 3.8) is 0 Å². The van der Waals surface area contributed by atoms with Crippen LogP contribution in [0.3, 0.4) is 0 Å². The fraction of sp³-hybridized carbons (Fsp3) is 0.739. The average Bonchev–Trinajstić information content (AvgIpc) is 3.16. The van der Waals surface area contributed by atoms with Gasteiger partial charge in [0.05, 0.1) is 13.2 Å². The molecule has 3 heteroatoms. The van der Waals surface area contributed by atoms with Gasteiger partial charge in [-0.1, -0.05) is 58.4 Å². The average molecular weight is 362 g/mol. The molecule has 0 aromatic heterocycles. The molecule has 1 fully saturated rings. The lowest BCUT2D eigenvalue weighted by Crippen LogP contribution is -2.18. The number of ether oxygens (including phenoxy) is 2. The molecule has 0 radical (unpaired) electrons. The van der Waals surface area contributed by atoms with Gasteiger partial charge in [-0.05, 0) is 56.5 Å². The van der Waals surface area contributed by atoms with E-state index >= 15 is 0 Å². The molecule has 2 rings (SSSR count). The third kappa shape index (κ3) is 7.99. The summed E-state index contributed by atoms with van der Waals surface area (Å²) in [6.45, 7) is 9.55. The van der Waals surface area contributed by atoms with E-state index in [1.54, 1.807) is 0 Å². The van der Waals surface area contributed by atoms with Crippen LogP contribution in [0, 0.1) is 0 Å². The summed E-state index contributed by atoms with van der Waals surface area (Å²) in [7, 11) is 0. The Kier molecular flexibility index (Phi) is 10.6. The summed E-state index contributed by atoms with van der Waals surface area (Å²) >= 11 is 0. The number of likely N-dealkylation sites (tertiary alicyclic amines) is 1. The minimum atomic E-state index is 0.789. The third-order valence-corrected chi connectivity index (χ3v) is 5.12.